The number of likely N-dealkylation sites (tertiary alicyclic amines) is 1. The fourth-order valence-corrected chi connectivity index (χ4v) is 9.33. The Morgan fingerprint density at radius 3 is 2.49 bits per heavy atom. The Hall–Kier alpha value is -3.80. The molecule has 286 valence electrons. The molecule has 3 amide bonds. The summed E-state index contributed by atoms with van der Waals surface area (Å²) in [5.41, 5.74) is 2.07. The van der Waals surface area contributed by atoms with Crippen molar-refractivity contribution in [3.8, 4) is 0 Å². The van der Waals surface area contributed by atoms with E-state index in [1.54, 1.807) is 33.9 Å². The van der Waals surface area contributed by atoms with Gasteiger partial charge >= 0.3 is 5.97 Å². The van der Waals surface area contributed by atoms with Gasteiger partial charge in [0.15, 0.2) is 0 Å². The van der Waals surface area contributed by atoms with Gasteiger partial charge in [-0.15, -0.1) is 13.2 Å². The molecule has 3 heterocycles. The topological polar surface area (TPSA) is 117 Å². The predicted octanol–water partition coefficient (Wildman–Crippen LogP) is 6.22. The van der Waals surface area contributed by atoms with Crippen LogP contribution in [0.1, 0.15) is 74.7 Å². The number of carbonyl (C=O) groups excluding carboxylic acids is 4. The number of hydrogen-bond acceptors (Lipinski definition) is 7. The molecule has 1 unspecified atom stereocenters. The smallest absolute Gasteiger partial charge is 0.313 e. The molecule has 0 radical (unpaired) electrons. The maximum Gasteiger partial charge on any atom is 0.313 e. The maximum absolute atomic E-state index is 15.1. The summed E-state index contributed by atoms with van der Waals surface area (Å²) in [5.74, 6) is -3.20. The third-order valence-electron chi connectivity index (χ3n) is 11.2. The van der Waals surface area contributed by atoms with Gasteiger partial charge in [0.25, 0.3) is 5.91 Å². The second kappa shape index (κ2) is 17.6. The van der Waals surface area contributed by atoms with Gasteiger partial charge in [-0.25, -0.2) is 0 Å². The molecule has 2 aromatic carbocycles. The zero-order chi connectivity index (χ0) is 38.4. The zero-order valence-electron chi connectivity index (χ0n) is 31.4. The van der Waals surface area contributed by atoms with E-state index in [1.165, 1.54) is 0 Å². The van der Waals surface area contributed by atoms with Crippen LogP contribution in [0.3, 0.4) is 0 Å². The van der Waals surface area contributed by atoms with Crippen LogP contribution in [-0.2, 0) is 28.7 Å². The normalized spacial score (nSPS) is 25.4. The highest BCUT2D eigenvalue weighted by atomic mass is 79.9. The molecule has 3 saturated heterocycles. The summed E-state index contributed by atoms with van der Waals surface area (Å²) in [6.45, 7) is 14.0. The number of benzene rings is 2. The molecule has 5 rings (SSSR count). The third kappa shape index (κ3) is 8.03. The van der Waals surface area contributed by atoms with Crippen LogP contribution in [-0.4, -0.2) is 94.0 Å². The van der Waals surface area contributed by atoms with Crippen LogP contribution in [0.5, 0.6) is 0 Å². The average molecular weight is 793 g/mol. The highest BCUT2D eigenvalue weighted by molar-refractivity contribution is 9.09. The lowest BCUT2D eigenvalue weighted by molar-refractivity contribution is -0.164. The number of unbranched alkanes of at least 4 members (excludes halogenated alkanes) is 3. The standard InChI is InChI=1S/C42H54BrN3O7/c1-7-9-19-33(48)44(6)29(5)36(30-17-13-12-14-18-30)52-41(51)34-35-39(49)46(23-15-10-11-16-24-47)38(42(35)26-31(43)37(34)53-42)40(50)45(22-8-2)32-25-27(3)20-21-28(32)4/h7-8,12-14,17-18,20-21,25,29,31,34-38,47H,1-2,9-11,15-16,19,22-24,26H2,3-6H3/t29-,31?,34-,35+,36+,37-,38-,42+/m0/s1. The lowest BCUT2D eigenvalue weighted by atomic mass is 9.70. The molecule has 3 fully saturated rings. The molecule has 10 nitrogen and oxygen atoms in total. The first-order valence-electron chi connectivity index (χ1n) is 18.8. The summed E-state index contributed by atoms with van der Waals surface area (Å²) in [6.07, 6.45) is 5.84. The Labute approximate surface area is 322 Å². The van der Waals surface area contributed by atoms with Crippen LogP contribution >= 0.6 is 15.9 Å². The van der Waals surface area contributed by atoms with E-state index in [4.69, 9.17) is 9.47 Å². The number of rotatable bonds is 18. The van der Waals surface area contributed by atoms with Crippen LogP contribution in [0, 0.1) is 25.7 Å². The molecule has 53 heavy (non-hydrogen) atoms. The summed E-state index contributed by atoms with van der Waals surface area (Å²) in [4.78, 5) is 62.2. The quantitative estimate of drug-likeness (QED) is 0.0825. The van der Waals surface area contributed by atoms with E-state index >= 15 is 4.79 Å². The fraction of sp³-hybridized carbons (Fsp3) is 0.524. The number of allylic oxidation sites excluding steroid dienone is 1. The van der Waals surface area contributed by atoms with Crippen molar-refractivity contribution in [2.24, 2.45) is 11.8 Å². The minimum Gasteiger partial charge on any atom is -0.455 e. The number of alkyl halides is 1. The van der Waals surface area contributed by atoms with Crippen LogP contribution in [0.15, 0.2) is 73.8 Å². The predicted molar refractivity (Wildman–Crippen MR) is 208 cm³/mol. The number of carbonyl (C=O) groups is 4. The van der Waals surface area contributed by atoms with Crippen molar-refractivity contribution in [3.63, 3.8) is 0 Å². The summed E-state index contributed by atoms with van der Waals surface area (Å²) >= 11 is 3.78. The van der Waals surface area contributed by atoms with Crippen molar-refractivity contribution >= 4 is 45.3 Å². The monoisotopic (exact) mass is 791 g/mol. The van der Waals surface area contributed by atoms with E-state index in [0.717, 1.165) is 35.2 Å². The fourth-order valence-electron chi connectivity index (χ4n) is 8.38. The van der Waals surface area contributed by atoms with Gasteiger partial charge in [0.1, 0.15) is 17.7 Å². The number of likely N-dealkylation sites (N-methyl/N-ethyl adjacent to an activating group) is 1. The van der Waals surface area contributed by atoms with Crippen molar-refractivity contribution in [1.82, 2.24) is 9.80 Å². The number of fused-ring (bicyclic) bond motifs is 1. The van der Waals surface area contributed by atoms with Crippen LogP contribution in [0.25, 0.3) is 0 Å². The van der Waals surface area contributed by atoms with Crippen molar-refractivity contribution in [1.29, 1.82) is 0 Å². The Morgan fingerprint density at radius 2 is 1.81 bits per heavy atom. The molecular weight excluding hydrogens is 738 g/mol. The second-order valence-electron chi connectivity index (χ2n) is 14.7. The number of aliphatic hydroxyl groups excluding tert-OH is 1. The number of aliphatic hydroxyl groups is 1. The van der Waals surface area contributed by atoms with E-state index in [9.17, 15) is 19.5 Å². The largest absolute Gasteiger partial charge is 0.455 e. The Balaban J connectivity index is 1.52. The molecule has 2 bridgehead atoms. The first-order chi connectivity index (χ1) is 25.4. The number of aryl methyl sites for hydroxylation is 2. The Morgan fingerprint density at radius 1 is 1.09 bits per heavy atom. The lowest BCUT2D eigenvalue weighted by Crippen LogP contribution is -2.57. The Bertz CT molecular complexity index is 1670. The van der Waals surface area contributed by atoms with Crippen molar-refractivity contribution in [2.45, 2.75) is 100 Å². The minimum absolute atomic E-state index is 0.0916. The van der Waals surface area contributed by atoms with Crippen molar-refractivity contribution in [3.05, 3.63) is 90.5 Å². The van der Waals surface area contributed by atoms with Crippen LogP contribution < -0.4 is 4.90 Å². The highest BCUT2D eigenvalue weighted by Gasteiger charge is 2.77. The number of amides is 3. The van der Waals surface area contributed by atoms with Gasteiger partial charge in [-0.2, -0.15) is 0 Å². The molecule has 1 N–H and O–H groups in total. The number of nitrogens with zero attached hydrogens (tertiary/aromatic N) is 3. The molecule has 3 aliphatic heterocycles. The molecule has 0 saturated carbocycles. The molecule has 11 heteroatoms. The summed E-state index contributed by atoms with van der Waals surface area (Å²) in [7, 11) is 1.70. The van der Waals surface area contributed by atoms with Crippen LogP contribution in [0.2, 0.25) is 0 Å². The van der Waals surface area contributed by atoms with Crippen molar-refractivity contribution in [2.75, 3.05) is 31.6 Å². The lowest BCUT2D eigenvalue weighted by Gasteiger charge is -2.37. The third-order valence-corrected chi connectivity index (χ3v) is 12.1. The first kappa shape index (κ1) is 40.4. The number of halogens is 1. The highest BCUT2D eigenvalue weighted by Crippen LogP contribution is 2.60. The van der Waals surface area contributed by atoms with Gasteiger partial charge in [0.2, 0.25) is 11.8 Å². The maximum atomic E-state index is 15.1. The van der Waals surface area contributed by atoms with E-state index < -0.39 is 47.7 Å². The molecule has 0 aromatic heterocycles. The van der Waals surface area contributed by atoms with Gasteiger partial charge in [-0.05, 0) is 69.2 Å². The number of ether oxygens (including phenoxy) is 2. The molecular formula is C42H54BrN3O7. The summed E-state index contributed by atoms with van der Waals surface area (Å²) < 4.78 is 13.2. The number of anilines is 1. The van der Waals surface area contributed by atoms with E-state index in [0.29, 0.717) is 32.2 Å². The number of hydrogen-bond donors (Lipinski definition) is 1. The van der Waals surface area contributed by atoms with Crippen LogP contribution in [0.4, 0.5) is 5.69 Å². The van der Waals surface area contributed by atoms with Gasteiger partial charge in [-0.1, -0.05) is 83.4 Å². The summed E-state index contributed by atoms with van der Waals surface area (Å²) in [5, 5.41) is 9.33. The zero-order valence-corrected chi connectivity index (χ0v) is 33.0. The molecule has 2 aromatic rings. The van der Waals surface area contributed by atoms with E-state index in [2.05, 4.69) is 29.1 Å². The summed E-state index contributed by atoms with van der Waals surface area (Å²) in [6, 6.07) is 13.7. The molecule has 1 spiro atoms. The molecule has 0 aliphatic carbocycles. The van der Waals surface area contributed by atoms with Gasteiger partial charge in [-0.3, -0.25) is 19.2 Å². The number of esters is 1. The first-order valence-corrected chi connectivity index (χ1v) is 19.7. The average Bonchev–Trinajstić information content (AvgIpc) is 3.75. The Kier molecular flexibility index (Phi) is 13.4. The van der Waals surface area contributed by atoms with Gasteiger partial charge in [0, 0.05) is 43.7 Å². The van der Waals surface area contributed by atoms with E-state index in [1.807, 2.05) is 69.3 Å². The van der Waals surface area contributed by atoms with Gasteiger partial charge < -0.3 is 29.3 Å². The molecule has 8 atom stereocenters. The minimum atomic E-state index is -1.27. The second-order valence-corrected chi connectivity index (χ2v) is 15.9. The SMILES string of the molecule is C=CCCC(=O)N(C)[C@@H](C)[C@@H](OC(=O)[C@@H]1[C@H]2O[C@@]3(CC2Br)[C@H](C(=O)N(CC=C)c2cc(C)ccc2C)N(CCCCCCO)C(=O)[C@@H]13)c1ccccc1. The van der Waals surface area contributed by atoms with Crippen molar-refractivity contribution < 1.29 is 33.8 Å². The van der Waals surface area contributed by atoms with Gasteiger partial charge in [0.05, 0.1) is 24.0 Å². The van der Waals surface area contributed by atoms with E-state index in [-0.39, 0.29) is 42.1 Å². The molecule has 3 aliphatic rings.